The molecule has 6 heteroatoms. The standard InChI is InChI=1S/C18H20ClN3OS/c1-22-12-14(18(21-22)13-5-3-6-15(19)9-13)10-20-11-16(23-2)17-7-4-8-24-17/h3-9,12,16,20H,10-11H2,1-2H3/t16-/m0/s1. The van der Waals surface area contributed by atoms with Crippen molar-refractivity contribution in [3.8, 4) is 11.3 Å². The van der Waals surface area contributed by atoms with Crippen molar-refractivity contribution in [2.75, 3.05) is 13.7 Å². The molecular formula is C18H20ClN3OS. The number of nitrogens with zero attached hydrogens (tertiary/aromatic N) is 2. The van der Waals surface area contributed by atoms with E-state index in [0.29, 0.717) is 5.02 Å². The molecule has 0 spiro atoms. The van der Waals surface area contributed by atoms with Gasteiger partial charge in [-0.2, -0.15) is 5.10 Å². The highest BCUT2D eigenvalue weighted by Crippen LogP contribution is 2.25. The molecule has 0 aliphatic heterocycles. The Morgan fingerprint density at radius 3 is 2.92 bits per heavy atom. The number of rotatable bonds is 7. The summed E-state index contributed by atoms with van der Waals surface area (Å²) in [6.07, 6.45) is 2.10. The van der Waals surface area contributed by atoms with Crippen LogP contribution >= 0.6 is 22.9 Å². The molecular weight excluding hydrogens is 342 g/mol. The molecule has 24 heavy (non-hydrogen) atoms. The number of aryl methyl sites for hydroxylation is 1. The third-order valence-electron chi connectivity index (χ3n) is 3.79. The quantitative estimate of drug-likeness (QED) is 0.682. The number of halogens is 1. The highest BCUT2D eigenvalue weighted by molar-refractivity contribution is 7.10. The first-order valence-electron chi connectivity index (χ1n) is 7.72. The number of ether oxygens (including phenoxy) is 1. The molecule has 0 radical (unpaired) electrons. The number of thiophene rings is 1. The van der Waals surface area contributed by atoms with Gasteiger partial charge in [0, 0.05) is 54.5 Å². The summed E-state index contributed by atoms with van der Waals surface area (Å²) in [4.78, 5) is 1.23. The van der Waals surface area contributed by atoms with Gasteiger partial charge < -0.3 is 10.1 Å². The van der Waals surface area contributed by atoms with Gasteiger partial charge in [0.05, 0.1) is 5.69 Å². The summed E-state index contributed by atoms with van der Waals surface area (Å²) in [5.74, 6) is 0. The van der Waals surface area contributed by atoms with Crippen LogP contribution in [-0.2, 0) is 18.3 Å². The second-order valence-corrected chi connectivity index (χ2v) is 6.97. The van der Waals surface area contributed by atoms with E-state index in [1.807, 2.05) is 48.3 Å². The van der Waals surface area contributed by atoms with Crippen LogP contribution in [-0.4, -0.2) is 23.4 Å². The van der Waals surface area contributed by atoms with E-state index in [0.717, 1.165) is 29.9 Å². The summed E-state index contributed by atoms with van der Waals surface area (Å²) in [6.45, 7) is 1.47. The third kappa shape index (κ3) is 4.05. The Bertz CT molecular complexity index is 785. The largest absolute Gasteiger partial charge is 0.375 e. The Balaban J connectivity index is 1.70. The maximum Gasteiger partial charge on any atom is 0.104 e. The molecule has 2 heterocycles. The Morgan fingerprint density at radius 1 is 1.33 bits per heavy atom. The smallest absolute Gasteiger partial charge is 0.104 e. The SMILES string of the molecule is CO[C@@H](CNCc1cn(C)nc1-c1cccc(Cl)c1)c1cccs1. The van der Waals surface area contributed by atoms with E-state index in [9.17, 15) is 0 Å². The van der Waals surface area contributed by atoms with Crippen LogP contribution in [0.5, 0.6) is 0 Å². The normalized spacial score (nSPS) is 12.5. The minimum Gasteiger partial charge on any atom is -0.375 e. The number of aromatic nitrogens is 2. The maximum atomic E-state index is 6.11. The van der Waals surface area contributed by atoms with Crippen LogP contribution in [0, 0.1) is 0 Å². The average Bonchev–Trinajstić information content (AvgIpc) is 3.21. The lowest BCUT2D eigenvalue weighted by Crippen LogP contribution is -2.22. The summed E-state index contributed by atoms with van der Waals surface area (Å²) in [6, 6.07) is 11.9. The van der Waals surface area contributed by atoms with E-state index in [1.54, 1.807) is 18.4 Å². The van der Waals surface area contributed by atoms with Crippen molar-refractivity contribution in [3.05, 3.63) is 63.4 Å². The molecule has 0 bridgehead atoms. The zero-order valence-corrected chi connectivity index (χ0v) is 15.3. The van der Waals surface area contributed by atoms with Crippen molar-refractivity contribution < 1.29 is 4.74 Å². The fraction of sp³-hybridized carbons (Fsp3) is 0.278. The number of methoxy groups -OCH3 is 1. The average molecular weight is 362 g/mol. The highest BCUT2D eigenvalue weighted by Gasteiger charge is 2.13. The summed E-state index contributed by atoms with van der Waals surface area (Å²) < 4.78 is 7.41. The van der Waals surface area contributed by atoms with Crippen molar-refractivity contribution in [1.82, 2.24) is 15.1 Å². The van der Waals surface area contributed by atoms with Crippen LogP contribution in [0.25, 0.3) is 11.3 Å². The Kier molecular flexibility index (Phi) is 5.68. The van der Waals surface area contributed by atoms with Gasteiger partial charge in [0.1, 0.15) is 6.10 Å². The predicted octanol–water partition coefficient (Wildman–Crippen LogP) is 4.28. The zero-order chi connectivity index (χ0) is 16.9. The lowest BCUT2D eigenvalue weighted by Gasteiger charge is -2.14. The summed E-state index contributed by atoms with van der Waals surface area (Å²) >= 11 is 7.82. The van der Waals surface area contributed by atoms with Crippen LogP contribution in [0.4, 0.5) is 0 Å². The van der Waals surface area contributed by atoms with E-state index >= 15 is 0 Å². The summed E-state index contributed by atoms with van der Waals surface area (Å²) in [7, 11) is 3.68. The molecule has 3 aromatic rings. The third-order valence-corrected chi connectivity index (χ3v) is 4.99. The monoisotopic (exact) mass is 361 g/mol. The number of hydrogen-bond donors (Lipinski definition) is 1. The lowest BCUT2D eigenvalue weighted by molar-refractivity contribution is 0.105. The minimum atomic E-state index is 0.0660. The number of nitrogens with one attached hydrogen (secondary N) is 1. The fourth-order valence-electron chi connectivity index (χ4n) is 2.66. The van der Waals surface area contributed by atoms with E-state index < -0.39 is 0 Å². The van der Waals surface area contributed by atoms with E-state index in [-0.39, 0.29) is 6.10 Å². The molecule has 0 amide bonds. The molecule has 0 aliphatic rings. The van der Waals surface area contributed by atoms with E-state index in [1.165, 1.54) is 4.88 Å². The van der Waals surface area contributed by atoms with Crippen molar-refractivity contribution in [2.24, 2.45) is 7.05 Å². The molecule has 126 valence electrons. The van der Waals surface area contributed by atoms with Gasteiger partial charge in [-0.3, -0.25) is 4.68 Å². The van der Waals surface area contributed by atoms with Crippen LogP contribution in [0.1, 0.15) is 16.5 Å². The minimum absolute atomic E-state index is 0.0660. The molecule has 0 unspecified atom stereocenters. The van der Waals surface area contributed by atoms with Gasteiger partial charge in [0.15, 0.2) is 0 Å². The van der Waals surface area contributed by atoms with Crippen molar-refractivity contribution in [3.63, 3.8) is 0 Å². The van der Waals surface area contributed by atoms with Gasteiger partial charge >= 0.3 is 0 Å². The molecule has 1 aromatic carbocycles. The van der Waals surface area contributed by atoms with Gasteiger partial charge in [-0.05, 0) is 23.6 Å². The number of hydrogen-bond acceptors (Lipinski definition) is 4. The van der Waals surface area contributed by atoms with Gasteiger partial charge in [0.2, 0.25) is 0 Å². The Morgan fingerprint density at radius 2 is 2.21 bits per heavy atom. The molecule has 1 atom stereocenters. The van der Waals surface area contributed by atoms with Crippen LogP contribution < -0.4 is 5.32 Å². The summed E-state index contributed by atoms with van der Waals surface area (Å²) in [5, 5.41) is 10.8. The molecule has 1 N–H and O–H groups in total. The Hall–Kier alpha value is -1.66. The Labute approximate surface area is 151 Å². The molecule has 0 fully saturated rings. The van der Waals surface area contributed by atoms with E-state index in [2.05, 4.69) is 21.9 Å². The first-order chi connectivity index (χ1) is 11.7. The van der Waals surface area contributed by atoms with Crippen molar-refractivity contribution >= 4 is 22.9 Å². The number of benzene rings is 1. The molecule has 4 nitrogen and oxygen atoms in total. The van der Waals surface area contributed by atoms with Gasteiger partial charge in [-0.25, -0.2) is 0 Å². The predicted molar refractivity (Wildman–Crippen MR) is 99.4 cm³/mol. The lowest BCUT2D eigenvalue weighted by atomic mass is 10.1. The topological polar surface area (TPSA) is 39.1 Å². The second kappa shape index (κ2) is 7.94. The first-order valence-corrected chi connectivity index (χ1v) is 8.98. The zero-order valence-electron chi connectivity index (χ0n) is 13.7. The van der Waals surface area contributed by atoms with Gasteiger partial charge in [-0.1, -0.05) is 29.8 Å². The van der Waals surface area contributed by atoms with Crippen LogP contribution in [0.2, 0.25) is 5.02 Å². The molecule has 0 saturated heterocycles. The highest BCUT2D eigenvalue weighted by atomic mass is 35.5. The van der Waals surface area contributed by atoms with E-state index in [4.69, 9.17) is 16.3 Å². The molecule has 3 rings (SSSR count). The van der Waals surface area contributed by atoms with Gasteiger partial charge in [0.25, 0.3) is 0 Å². The van der Waals surface area contributed by atoms with Crippen molar-refractivity contribution in [1.29, 1.82) is 0 Å². The molecule has 2 aromatic heterocycles. The maximum absolute atomic E-state index is 6.11. The van der Waals surface area contributed by atoms with Gasteiger partial charge in [-0.15, -0.1) is 11.3 Å². The van der Waals surface area contributed by atoms with Crippen LogP contribution in [0.15, 0.2) is 48.0 Å². The molecule has 0 saturated carbocycles. The fourth-order valence-corrected chi connectivity index (χ4v) is 3.65. The van der Waals surface area contributed by atoms with Crippen molar-refractivity contribution in [2.45, 2.75) is 12.6 Å². The molecule has 0 aliphatic carbocycles. The first kappa shape index (κ1) is 17.2. The summed E-state index contributed by atoms with van der Waals surface area (Å²) in [5.41, 5.74) is 3.12. The van der Waals surface area contributed by atoms with Crippen LogP contribution in [0.3, 0.4) is 0 Å². The second-order valence-electron chi connectivity index (χ2n) is 5.56.